The van der Waals surface area contributed by atoms with Crippen molar-refractivity contribution in [2.24, 2.45) is 0 Å². The first-order chi connectivity index (χ1) is 9.21. The van der Waals surface area contributed by atoms with Crippen LogP contribution in [0.15, 0.2) is 12.3 Å². The van der Waals surface area contributed by atoms with Crippen molar-refractivity contribution in [1.29, 1.82) is 0 Å². The van der Waals surface area contributed by atoms with Crippen LogP contribution in [0, 0.1) is 0 Å². The fourth-order valence-electron chi connectivity index (χ4n) is 2.34. The molecule has 0 unspecified atom stereocenters. The highest BCUT2D eigenvalue weighted by Crippen LogP contribution is 2.15. The van der Waals surface area contributed by atoms with E-state index >= 15 is 0 Å². The van der Waals surface area contributed by atoms with E-state index < -0.39 is 0 Å². The van der Waals surface area contributed by atoms with E-state index in [1.54, 1.807) is 0 Å². The Labute approximate surface area is 126 Å². The molecule has 0 bridgehead atoms. The van der Waals surface area contributed by atoms with Gasteiger partial charge in [-0.05, 0) is 45.3 Å². The third-order valence-electron chi connectivity index (χ3n) is 3.59. The molecule has 1 heterocycles. The van der Waals surface area contributed by atoms with Gasteiger partial charge in [0, 0.05) is 18.1 Å². The number of halogens is 1. The summed E-state index contributed by atoms with van der Waals surface area (Å²) in [6.07, 6.45) is 8.29. The Morgan fingerprint density at radius 3 is 2.63 bits per heavy atom. The highest BCUT2D eigenvalue weighted by molar-refractivity contribution is 9.09. The van der Waals surface area contributed by atoms with Crippen molar-refractivity contribution < 1.29 is 0 Å². The fraction of sp³-hybridized carbons (Fsp3) is 0.800. The molecule has 1 aromatic rings. The maximum atomic E-state index is 4.70. The van der Waals surface area contributed by atoms with Crippen LogP contribution in [0.1, 0.15) is 57.7 Å². The molecule has 0 fully saturated rings. The molecule has 1 rings (SSSR count). The summed E-state index contributed by atoms with van der Waals surface area (Å²) in [5.41, 5.74) is 1.19. The molecule has 0 amide bonds. The summed E-state index contributed by atoms with van der Waals surface area (Å²) >= 11 is 3.47. The number of nitrogens with zero attached hydrogens (tertiary/aromatic N) is 3. The normalized spacial score (nSPS) is 11.7. The number of hydrogen-bond acceptors (Lipinski definition) is 2. The average Bonchev–Trinajstić information content (AvgIpc) is 2.84. The first kappa shape index (κ1) is 16.7. The minimum Gasteiger partial charge on any atom is -0.300 e. The summed E-state index contributed by atoms with van der Waals surface area (Å²) in [6, 6.07) is 2.71. The van der Waals surface area contributed by atoms with Crippen molar-refractivity contribution in [1.82, 2.24) is 14.7 Å². The zero-order valence-corrected chi connectivity index (χ0v) is 14.2. The van der Waals surface area contributed by atoms with Crippen LogP contribution >= 0.6 is 15.9 Å². The molecular formula is C15H28BrN3. The molecule has 0 aliphatic carbocycles. The van der Waals surface area contributed by atoms with Crippen LogP contribution in [0.5, 0.6) is 0 Å². The number of hydrogen-bond donors (Lipinski definition) is 0. The van der Waals surface area contributed by atoms with Crippen molar-refractivity contribution in [2.75, 3.05) is 18.9 Å². The summed E-state index contributed by atoms with van der Waals surface area (Å²) < 4.78 is 2.13. The first-order valence-corrected chi connectivity index (χ1v) is 8.61. The molecule has 0 saturated carbocycles. The lowest BCUT2D eigenvalue weighted by Gasteiger charge is -2.15. The molecule has 4 heteroatoms. The number of alkyl halides is 1. The Morgan fingerprint density at radius 2 is 2.00 bits per heavy atom. The topological polar surface area (TPSA) is 21.1 Å². The van der Waals surface area contributed by atoms with Gasteiger partial charge in [-0.2, -0.15) is 5.10 Å². The maximum absolute atomic E-state index is 4.70. The highest BCUT2D eigenvalue weighted by atomic mass is 79.9. The van der Waals surface area contributed by atoms with Gasteiger partial charge in [0.1, 0.15) is 0 Å². The number of unbranched alkanes of at least 4 members (excludes halogenated alkanes) is 2. The van der Waals surface area contributed by atoms with Gasteiger partial charge >= 0.3 is 0 Å². The van der Waals surface area contributed by atoms with E-state index in [2.05, 4.69) is 58.7 Å². The first-order valence-electron chi connectivity index (χ1n) is 7.49. The zero-order chi connectivity index (χ0) is 14.1. The summed E-state index contributed by atoms with van der Waals surface area (Å²) in [5, 5.41) is 5.83. The van der Waals surface area contributed by atoms with Gasteiger partial charge in [-0.25, -0.2) is 0 Å². The Morgan fingerprint density at radius 1 is 1.26 bits per heavy atom. The van der Waals surface area contributed by atoms with Crippen LogP contribution in [0.25, 0.3) is 0 Å². The van der Waals surface area contributed by atoms with E-state index in [4.69, 9.17) is 5.10 Å². The van der Waals surface area contributed by atoms with Gasteiger partial charge in [0.2, 0.25) is 0 Å². The van der Waals surface area contributed by atoms with Crippen molar-refractivity contribution in [3.8, 4) is 0 Å². The molecule has 0 saturated heterocycles. The molecule has 0 spiro atoms. The van der Waals surface area contributed by atoms with Crippen molar-refractivity contribution in [2.45, 2.75) is 58.5 Å². The molecule has 110 valence electrons. The van der Waals surface area contributed by atoms with E-state index in [0.29, 0.717) is 6.04 Å². The second-order valence-electron chi connectivity index (χ2n) is 5.24. The Kier molecular flexibility index (Phi) is 8.38. The minimum absolute atomic E-state index is 0.554. The van der Waals surface area contributed by atoms with Gasteiger partial charge in [0.15, 0.2) is 0 Å². The van der Waals surface area contributed by atoms with Gasteiger partial charge in [0.05, 0.1) is 11.7 Å². The van der Waals surface area contributed by atoms with Crippen molar-refractivity contribution in [3.05, 3.63) is 18.0 Å². The monoisotopic (exact) mass is 329 g/mol. The van der Waals surface area contributed by atoms with E-state index in [1.807, 2.05) is 0 Å². The molecule has 0 N–H and O–H groups in total. The van der Waals surface area contributed by atoms with Crippen LogP contribution in [-0.2, 0) is 6.54 Å². The summed E-state index contributed by atoms with van der Waals surface area (Å²) in [4.78, 5) is 2.37. The molecule has 0 aliphatic rings. The predicted molar refractivity (Wildman–Crippen MR) is 85.8 cm³/mol. The van der Waals surface area contributed by atoms with Crippen molar-refractivity contribution >= 4 is 15.9 Å². The average molecular weight is 330 g/mol. The van der Waals surface area contributed by atoms with E-state index in [0.717, 1.165) is 31.3 Å². The van der Waals surface area contributed by atoms with Gasteiger partial charge in [-0.15, -0.1) is 0 Å². The Hall–Kier alpha value is -0.350. The SMILES string of the molecule is CCC(CC)n1ccc(CN(C)CCCCCBr)n1. The van der Waals surface area contributed by atoms with E-state index in [9.17, 15) is 0 Å². The lowest BCUT2D eigenvalue weighted by Crippen LogP contribution is -2.19. The lowest BCUT2D eigenvalue weighted by atomic mass is 10.2. The second-order valence-corrected chi connectivity index (χ2v) is 6.04. The summed E-state index contributed by atoms with van der Waals surface area (Å²) in [6.45, 7) is 6.57. The predicted octanol–water partition coefficient (Wildman–Crippen LogP) is 4.24. The molecule has 0 aliphatic heterocycles. The highest BCUT2D eigenvalue weighted by Gasteiger charge is 2.09. The Balaban J connectivity index is 2.36. The molecule has 3 nitrogen and oxygen atoms in total. The maximum Gasteiger partial charge on any atom is 0.0764 e. The fourth-order valence-corrected chi connectivity index (χ4v) is 2.73. The second kappa shape index (κ2) is 9.54. The van der Waals surface area contributed by atoms with E-state index in [1.165, 1.54) is 25.0 Å². The summed E-state index contributed by atoms with van der Waals surface area (Å²) in [7, 11) is 2.18. The van der Waals surface area contributed by atoms with Crippen LogP contribution < -0.4 is 0 Å². The molecule has 19 heavy (non-hydrogen) atoms. The third kappa shape index (κ3) is 6.09. The standard InChI is InChI=1S/C15H28BrN3/c1-4-15(5-2)19-12-9-14(17-19)13-18(3)11-8-6-7-10-16/h9,12,15H,4-8,10-11,13H2,1-3H3. The van der Waals surface area contributed by atoms with Crippen LogP contribution in [0.4, 0.5) is 0 Å². The molecule has 0 radical (unpaired) electrons. The lowest BCUT2D eigenvalue weighted by molar-refractivity contribution is 0.311. The smallest absolute Gasteiger partial charge is 0.0764 e. The van der Waals surface area contributed by atoms with E-state index in [-0.39, 0.29) is 0 Å². The van der Waals surface area contributed by atoms with Gasteiger partial charge in [-0.1, -0.05) is 36.2 Å². The molecule has 1 aromatic heterocycles. The minimum atomic E-state index is 0.554. The largest absolute Gasteiger partial charge is 0.300 e. The van der Waals surface area contributed by atoms with Gasteiger partial charge in [-0.3, -0.25) is 4.68 Å². The van der Waals surface area contributed by atoms with Crippen LogP contribution in [-0.4, -0.2) is 33.6 Å². The number of aromatic nitrogens is 2. The van der Waals surface area contributed by atoms with Crippen LogP contribution in [0.3, 0.4) is 0 Å². The molecule has 0 aromatic carbocycles. The molecular weight excluding hydrogens is 302 g/mol. The third-order valence-corrected chi connectivity index (χ3v) is 4.15. The van der Waals surface area contributed by atoms with Crippen LogP contribution in [0.2, 0.25) is 0 Å². The quantitative estimate of drug-likeness (QED) is 0.473. The Bertz CT molecular complexity index is 334. The zero-order valence-electron chi connectivity index (χ0n) is 12.6. The molecule has 0 atom stereocenters. The number of rotatable bonds is 10. The summed E-state index contributed by atoms with van der Waals surface area (Å²) in [5.74, 6) is 0. The van der Waals surface area contributed by atoms with Crippen molar-refractivity contribution in [3.63, 3.8) is 0 Å². The van der Waals surface area contributed by atoms with Gasteiger partial charge < -0.3 is 4.90 Å². The van der Waals surface area contributed by atoms with Gasteiger partial charge in [0.25, 0.3) is 0 Å².